The van der Waals surface area contributed by atoms with E-state index in [2.05, 4.69) is 9.05 Å². The van der Waals surface area contributed by atoms with Crippen molar-refractivity contribution in [1.82, 2.24) is 0 Å². The SMILES string of the molecule is CC(CCCCCCOP(=O)(O)O)COP(=O)(O)O. The molecule has 1 unspecified atom stereocenters. The van der Waals surface area contributed by atoms with Gasteiger partial charge in [0.05, 0.1) is 13.2 Å². The van der Waals surface area contributed by atoms with Crippen molar-refractivity contribution in [1.29, 1.82) is 0 Å². The van der Waals surface area contributed by atoms with Crippen LogP contribution in [0.15, 0.2) is 0 Å². The lowest BCUT2D eigenvalue weighted by Gasteiger charge is -2.12. The van der Waals surface area contributed by atoms with Crippen LogP contribution in [0.4, 0.5) is 0 Å². The quantitative estimate of drug-likeness (QED) is 0.334. The number of hydrogen-bond donors (Lipinski definition) is 4. The molecule has 1 atom stereocenters. The summed E-state index contributed by atoms with van der Waals surface area (Å²) in [5.74, 6) is 0.0546. The number of hydrogen-bond acceptors (Lipinski definition) is 4. The summed E-state index contributed by atoms with van der Waals surface area (Å²) >= 11 is 0. The van der Waals surface area contributed by atoms with Crippen LogP contribution in [0.1, 0.15) is 39.0 Å². The molecule has 0 spiro atoms. The van der Waals surface area contributed by atoms with Gasteiger partial charge in [0, 0.05) is 0 Å². The minimum Gasteiger partial charge on any atom is -0.303 e. The van der Waals surface area contributed by atoms with E-state index in [0.29, 0.717) is 6.42 Å². The smallest absolute Gasteiger partial charge is 0.303 e. The highest BCUT2D eigenvalue weighted by Gasteiger charge is 2.15. The second-order valence-electron chi connectivity index (χ2n) is 4.42. The maximum Gasteiger partial charge on any atom is 0.469 e. The molecule has 0 aromatic carbocycles. The van der Waals surface area contributed by atoms with Crippen LogP contribution in [0, 0.1) is 5.92 Å². The molecule has 116 valence electrons. The third kappa shape index (κ3) is 16.2. The Morgan fingerprint density at radius 2 is 1.42 bits per heavy atom. The summed E-state index contributed by atoms with van der Waals surface area (Å²) < 4.78 is 29.5. The highest BCUT2D eigenvalue weighted by molar-refractivity contribution is 7.46. The van der Waals surface area contributed by atoms with E-state index in [0.717, 1.165) is 25.7 Å². The van der Waals surface area contributed by atoms with Gasteiger partial charge < -0.3 is 19.6 Å². The largest absolute Gasteiger partial charge is 0.469 e. The highest BCUT2D eigenvalue weighted by Crippen LogP contribution is 2.37. The molecule has 0 saturated carbocycles. The van der Waals surface area contributed by atoms with Gasteiger partial charge in [0.15, 0.2) is 0 Å². The van der Waals surface area contributed by atoms with E-state index in [1.165, 1.54) is 0 Å². The Morgan fingerprint density at radius 3 is 1.95 bits per heavy atom. The Morgan fingerprint density at radius 1 is 0.895 bits per heavy atom. The molecular weight excluding hydrogens is 298 g/mol. The molecule has 0 heterocycles. The monoisotopic (exact) mass is 320 g/mol. The molecule has 0 fully saturated rings. The second-order valence-corrected chi connectivity index (χ2v) is 6.90. The van der Waals surface area contributed by atoms with Crippen LogP contribution in [0.3, 0.4) is 0 Å². The first-order chi connectivity index (χ1) is 8.60. The van der Waals surface area contributed by atoms with Crippen LogP contribution in [-0.2, 0) is 18.2 Å². The lowest BCUT2D eigenvalue weighted by Crippen LogP contribution is -2.04. The Kier molecular flexibility index (Phi) is 9.32. The van der Waals surface area contributed by atoms with Gasteiger partial charge in [0.2, 0.25) is 0 Å². The van der Waals surface area contributed by atoms with Crippen LogP contribution in [0.2, 0.25) is 0 Å². The molecule has 8 nitrogen and oxygen atoms in total. The molecule has 19 heavy (non-hydrogen) atoms. The third-order valence-corrected chi connectivity index (χ3v) is 3.38. The average molecular weight is 320 g/mol. The molecule has 0 aliphatic carbocycles. The fourth-order valence-electron chi connectivity index (χ4n) is 1.44. The number of phosphoric ester groups is 2. The van der Waals surface area contributed by atoms with Crippen LogP contribution < -0.4 is 0 Å². The summed E-state index contributed by atoms with van der Waals surface area (Å²) in [5, 5.41) is 0. The van der Waals surface area contributed by atoms with E-state index in [9.17, 15) is 9.13 Å². The number of unbranched alkanes of at least 4 members (excludes halogenated alkanes) is 3. The van der Waals surface area contributed by atoms with Crippen molar-refractivity contribution >= 4 is 15.6 Å². The zero-order valence-electron chi connectivity index (χ0n) is 10.8. The summed E-state index contributed by atoms with van der Waals surface area (Å²) in [4.78, 5) is 33.9. The first-order valence-corrected chi connectivity index (χ1v) is 9.06. The van der Waals surface area contributed by atoms with Crippen LogP contribution >= 0.6 is 15.6 Å². The van der Waals surface area contributed by atoms with Crippen LogP contribution in [0.5, 0.6) is 0 Å². The van der Waals surface area contributed by atoms with E-state index < -0.39 is 15.6 Å². The Balaban J connectivity index is 3.39. The zero-order chi connectivity index (χ0) is 14.9. The molecular formula is C9H22O8P2. The van der Waals surface area contributed by atoms with Gasteiger partial charge in [0.25, 0.3) is 0 Å². The van der Waals surface area contributed by atoms with Gasteiger partial charge >= 0.3 is 15.6 Å². The Hall–Kier alpha value is 0.220. The van der Waals surface area contributed by atoms with Crippen molar-refractivity contribution < 1.29 is 37.8 Å². The number of phosphoric acid groups is 2. The third-order valence-electron chi connectivity index (χ3n) is 2.38. The van der Waals surface area contributed by atoms with Crippen LogP contribution in [-0.4, -0.2) is 32.8 Å². The lowest BCUT2D eigenvalue weighted by molar-refractivity contribution is 0.167. The van der Waals surface area contributed by atoms with Crippen molar-refractivity contribution in [2.45, 2.75) is 39.0 Å². The molecule has 0 aliphatic heterocycles. The van der Waals surface area contributed by atoms with Gasteiger partial charge in [-0.2, -0.15) is 0 Å². The van der Waals surface area contributed by atoms with E-state index in [4.69, 9.17) is 19.6 Å². The van der Waals surface area contributed by atoms with E-state index >= 15 is 0 Å². The predicted octanol–water partition coefficient (Wildman–Crippen LogP) is 1.79. The molecule has 0 saturated heterocycles. The van der Waals surface area contributed by atoms with E-state index in [1.54, 1.807) is 0 Å². The van der Waals surface area contributed by atoms with Crippen LogP contribution in [0.25, 0.3) is 0 Å². The average Bonchev–Trinajstić information content (AvgIpc) is 2.22. The standard InChI is InChI=1S/C9H22O8P2/c1-9(8-17-19(13,14)15)6-4-2-3-5-7-16-18(10,11)12/h9H,2-8H2,1H3,(H2,10,11,12)(H2,13,14,15). The van der Waals surface area contributed by atoms with Gasteiger partial charge in [-0.25, -0.2) is 9.13 Å². The Bertz CT molecular complexity index is 322. The summed E-state index contributed by atoms with van der Waals surface area (Å²) in [7, 11) is -8.73. The molecule has 0 aromatic heterocycles. The fourth-order valence-corrected chi connectivity index (χ4v) is 2.26. The summed E-state index contributed by atoms with van der Waals surface area (Å²) in [6.07, 6.45) is 3.86. The second kappa shape index (κ2) is 9.21. The normalized spacial score (nSPS) is 14.6. The van der Waals surface area contributed by atoms with Gasteiger partial charge in [-0.3, -0.25) is 9.05 Å². The molecule has 10 heteroatoms. The molecule has 0 aliphatic rings. The van der Waals surface area contributed by atoms with Gasteiger partial charge in [0.1, 0.15) is 0 Å². The first-order valence-electron chi connectivity index (χ1n) is 6.00. The molecule has 0 amide bonds. The van der Waals surface area contributed by atoms with Crippen molar-refractivity contribution in [3.63, 3.8) is 0 Å². The molecule has 0 rings (SSSR count). The van der Waals surface area contributed by atoms with E-state index in [-0.39, 0.29) is 19.1 Å². The van der Waals surface area contributed by atoms with Crippen molar-refractivity contribution in [3.05, 3.63) is 0 Å². The maximum atomic E-state index is 10.5. The molecule has 0 aromatic rings. The topological polar surface area (TPSA) is 134 Å². The minimum atomic E-state index is -4.38. The maximum absolute atomic E-state index is 10.5. The summed E-state index contributed by atoms with van der Waals surface area (Å²) in [5.41, 5.74) is 0. The number of rotatable bonds is 11. The lowest BCUT2D eigenvalue weighted by atomic mass is 10.0. The van der Waals surface area contributed by atoms with Gasteiger partial charge in [-0.15, -0.1) is 0 Å². The van der Waals surface area contributed by atoms with E-state index in [1.807, 2.05) is 6.92 Å². The highest BCUT2D eigenvalue weighted by atomic mass is 31.2. The molecule has 4 N–H and O–H groups in total. The summed E-state index contributed by atoms with van der Waals surface area (Å²) in [6.45, 7) is 1.89. The zero-order valence-corrected chi connectivity index (χ0v) is 12.6. The van der Waals surface area contributed by atoms with Crippen molar-refractivity contribution in [3.8, 4) is 0 Å². The Labute approximate surface area is 112 Å². The van der Waals surface area contributed by atoms with Crippen molar-refractivity contribution in [2.75, 3.05) is 13.2 Å². The molecule has 0 bridgehead atoms. The predicted molar refractivity (Wildman–Crippen MR) is 68.2 cm³/mol. The fraction of sp³-hybridized carbons (Fsp3) is 1.00. The first kappa shape index (κ1) is 19.2. The molecule has 0 radical (unpaired) electrons. The van der Waals surface area contributed by atoms with Gasteiger partial charge in [-0.05, 0) is 18.8 Å². The van der Waals surface area contributed by atoms with Crippen molar-refractivity contribution in [2.24, 2.45) is 5.92 Å². The minimum absolute atomic E-state index is 0.0194. The summed E-state index contributed by atoms with van der Waals surface area (Å²) in [6, 6.07) is 0. The van der Waals surface area contributed by atoms with Gasteiger partial charge in [-0.1, -0.05) is 26.2 Å².